The van der Waals surface area contributed by atoms with Crippen LogP contribution in [0.3, 0.4) is 0 Å². The molecule has 1 aliphatic rings. The van der Waals surface area contributed by atoms with Crippen LogP contribution in [0.1, 0.15) is 24.5 Å². The predicted molar refractivity (Wildman–Crippen MR) is 82.4 cm³/mol. The molecule has 0 amide bonds. The maximum absolute atomic E-state index is 11.5. The van der Waals surface area contributed by atoms with Crippen molar-refractivity contribution in [1.82, 2.24) is 20.4 Å². The van der Waals surface area contributed by atoms with Crippen LogP contribution in [0.5, 0.6) is 0 Å². The van der Waals surface area contributed by atoms with Crippen molar-refractivity contribution in [3.05, 3.63) is 36.0 Å². The van der Waals surface area contributed by atoms with Crippen LogP contribution < -0.4 is 0 Å². The normalized spacial score (nSPS) is 15.0. The Labute approximate surface area is 132 Å². The molecular formula is C15H14N4O3S. The molecule has 23 heavy (non-hydrogen) atoms. The van der Waals surface area contributed by atoms with Crippen LogP contribution in [0.2, 0.25) is 0 Å². The number of nitrogens with zero attached hydrogens (tertiary/aromatic N) is 3. The SMILES string of the molecule is CS(=O)(=O)c1ccc(-c2nnc(-c3cc(C4CC4)[nH]n3)o2)cc1. The van der Waals surface area contributed by atoms with Gasteiger partial charge in [0.25, 0.3) is 5.89 Å². The molecule has 1 aliphatic carbocycles. The van der Waals surface area contributed by atoms with Crippen LogP contribution in [0.4, 0.5) is 0 Å². The molecule has 3 aromatic rings. The molecule has 4 rings (SSSR count). The van der Waals surface area contributed by atoms with Gasteiger partial charge >= 0.3 is 0 Å². The van der Waals surface area contributed by atoms with Crippen molar-refractivity contribution in [1.29, 1.82) is 0 Å². The Bertz CT molecular complexity index is 953. The first-order valence-corrected chi connectivity index (χ1v) is 9.09. The standard InChI is InChI=1S/C15H14N4O3S/c1-23(20,21)11-6-4-10(5-7-11)14-18-19-15(22-14)13-8-12(16-17-13)9-2-3-9/h4-9H,2-3H2,1H3,(H,16,17). The predicted octanol–water partition coefficient (Wildman–Crippen LogP) is 2.41. The van der Waals surface area contributed by atoms with Crippen molar-refractivity contribution >= 4 is 9.84 Å². The van der Waals surface area contributed by atoms with E-state index in [1.165, 1.54) is 31.2 Å². The number of aromatic nitrogens is 4. The number of hydrogen-bond donors (Lipinski definition) is 1. The molecule has 7 nitrogen and oxygen atoms in total. The van der Waals surface area contributed by atoms with E-state index in [1.807, 2.05) is 6.07 Å². The Hall–Kier alpha value is -2.48. The summed E-state index contributed by atoms with van der Waals surface area (Å²) in [6.07, 6.45) is 3.54. The highest BCUT2D eigenvalue weighted by molar-refractivity contribution is 7.90. The van der Waals surface area contributed by atoms with Gasteiger partial charge in [0.15, 0.2) is 9.84 Å². The maximum Gasteiger partial charge on any atom is 0.268 e. The minimum absolute atomic E-state index is 0.252. The Morgan fingerprint density at radius 2 is 1.83 bits per heavy atom. The van der Waals surface area contributed by atoms with Crippen LogP contribution in [-0.4, -0.2) is 35.1 Å². The summed E-state index contributed by atoms with van der Waals surface area (Å²) in [5.74, 6) is 1.24. The second kappa shape index (κ2) is 5.02. The highest BCUT2D eigenvalue weighted by Gasteiger charge is 2.26. The van der Waals surface area contributed by atoms with Gasteiger partial charge in [-0.25, -0.2) is 8.42 Å². The topological polar surface area (TPSA) is 102 Å². The molecule has 2 heterocycles. The number of H-pyrrole nitrogens is 1. The van der Waals surface area contributed by atoms with Crippen molar-refractivity contribution in [2.45, 2.75) is 23.7 Å². The summed E-state index contributed by atoms with van der Waals surface area (Å²) in [6, 6.07) is 8.27. The van der Waals surface area contributed by atoms with E-state index in [0.29, 0.717) is 29.0 Å². The summed E-state index contributed by atoms with van der Waals surface area (Å²) >= 11 is 0. The first-order valence-electron chi connectivity index (χ1n) is 7.20. The third-order valence-electron chi connectivity index (χ3n) is 3.79. The molecule has 2 aromatic heterocycles. The van der Waals surface area contributed by atoms with Gasteiger partial charge in [-0.3, -0.25) is 5.10 Å². The third-order valence-corrected chi connectivity index (χ3v) is 4.92. The quantitative estimate of drug-likeness (QED) is 0.788. The van der Waals surface area contributed by atoms with Crippen molar-refractivity contribution in [3.63, 3.8) is 0 Å². The molecule has 118 valence electrons. The molecule has 0 spiro atoms. The van der Waals surface area contributed by atoms with E-state index < -0.39 is 9.84 Å². The van der Waals surface area contributed by atoms with E-state index >= 15 is 0 Å². The fraction of sp³-hybridized carbons (Fsp3) is 0.267. The monoisotopic (exact) mass is 330 g/mol. The van der Waals surface area contributed by atoms with Crippen LogP contribution in [0, 0.1) is 0 Å². The molecule has 1 aromatic carbocycles. The Morgan fingerprint density at radius 1 is 1.13 bits per heavy atom. The van der Waals surface area contributed by atoms with Crippen LogP contribution in [0.15, 0.2) is 39.6 Å². The maximum atomic E-state index is 11.5. The lowest BCUT2D eigenvalue weighted by atomic mass is 10.2. The molecular weight excluding hydrogens is 316 g/mol. The molecule has 1 N–H and O–H groups in total. The first-order chi connectivity index (χ1) is 11.0. The minimum Gasteiger partial charge on any atom is -0.415 e. The van der Waals surface area contributed by atoms with Gasteiger partial charge in [-0.05, 0) is 43.2 Å². The number of rotatable bonds is 4. The summed E-state index contributed by atoms with van der Waals surface area (Å²) in [4.78, 5) is 0.252. The Morgan fingerprint density at radius 3 is 2.48 bits per heavy atom. The van der Waals surface area contributed by atoms with Gasteiger partial charge in [0, 0.05) is 23.4 Å². The van der Waals surface area contributed by atoms with E-state index in [2.05, 4.69) is 20.4 Å². The number of hydrogen-bond acceptors (Lipinski definition) is 6. The molecule has 0 saturated heterocycles. The lowest BCUT2D eigenvalue weighted by molar-refractivity contribution is 0.581. The fourth-order valence-corrected chi connectivity index (χ4v) is 2.97. The number of aromatic amines is 1. The first kappa shape index (κ1) is 14.1. The van der Waals surface area contributed by atoms with E-state index in [-0.39, 0.29) is 4.90 Å². The molecule has 1 fully saturated rings. The summed E-state index contributed by atoms with van der Waals surface area (Å²) in [5.41, 5.74) is 2.38. The molecule has 1 saturated carbocycles. The van der Waals surface area contributed by atoms with Crippen molar-refractivity contribution < 1.29 is 12.8 Å². The van der Waals surface area contributed by atoms with Gasteiger partial charge in [-0.1, -0.05) is 0 Å². The van der Waals surface area contributed by atoms with Gasteiger partial charge in [0.2, 0.25) is 5.89 Å². The van der Waals surface area contributed by atoms with Gasteiger partial charge in [0.05, 0.1) is 4.90 Å². The minimum atomic E-state index is -3.22. The number of sulfone groups is 1. The average Bonchev–Trinajstić information content (AvgIpc) is 3.07. The summed E-state index contributed by atoms with van der Waals surface area (Å²) in [7, 11) is -3.22. The van der Waals surface area contributed by atoms with E-state index in [1.54, 1.807) is 12.1 Å². The third kappa shape index (κ3) is 2.77. The lowest BCUT2D eigenvalue weighted by Crippen LogP contribution is -1.96. The number of benzene rings is 1. The van der Waals surface area contributed by atoms with Crippen molar-refractivity contribution in [2.24, 2.45) is 0 Å². The largest absolute Gasteiger partial charge is 0.415 e. The van der Waals surface area contributed by atoms with Gasteiger partial charge in [-0.2, -0.15) is 5.10 Å². The zero-order chi connectivity index (χ0) is 16.0. The number of nitrogens with one attached hydrogen (secondary N) is 1. The fourth-order valence-electron chi connectivity index (χ4n) is 2.34. The lowest BCUT2D eigenvalue weighted by Gasteiger charge is -1.98. The zero-order valence-electron chi connectivity index (χ0n) is 12.4. The van der Waals surface area contributed by atoms with Crippen LogP contribution in [0.25, 0.3) is 23.0 Å². The molecule has 8 heteroatoms. The second-order valence-electron chi connectivity index (χ2n) is 5.69. The van der Waals surface area contributed by atoms with Gasteiger partial charge in [0.1, 0.15) is 5.69 Å². The highest BCUT2D eigenvalue weighted by Crippen LogP contribution is 2.39. The van der Waals surface area contributed by atoms with Crippen molar-refractivity contribution in [2.75, 3.05) is 6.26 Å². The summed E-state index contributed by atoms with van der Waals surface area (Å²) in [5, 5.41) is 15.2. The summed E-state index contributed by atoms with van der Waals surface area (Å²) < 4.78 is 28.6. The van der Waals surface area contributed by atoms with Crippen LogP contribution >= 0.6 is 0 Å². The smallest absolute Gasteiger partial charge is 0.268 e. The Kier molecular flexibility index (Phi) is 3.08. The average molecular weight is 330 g/mol. The molecule has 0 aliphatic heterocycles. The summed E-state index contributed by atoms with van der Waals surface area (Å²) in [6.45, 7) is 0. The molecule has 0 atom stereocenters. The molecule has 0 bridgehead atoms. The highest BCUT2D eigenvalue weighted by atomic mass is 32.2. The van der Waals surface area contributed by atoms with Crippen molar-refractivity contribution in [3.8, 4) is 23.0 Å². The van der Waals surface area contributed by atoms with Crippen LogP contribution in [-0.2, 0) is 9.84 Å². The Balaban J connectivity index is 1.61. The van der Waals surface area contributed by atoms with Gasteiger partial charge < -0.3 is 4.42 Å². The van der Waals surface area contributed by atoms with E-state index in [9.17, 15) is 8.42 Å². The van der Waals surface area contributed by atoms with E-state index in [0.717, 1.165) is 5.69 Å². The zero-order valence-corrected chi connectivity index (χ0v) is 13.2. The van der Waals surface area contributed by atoms with Gasteiger partial charge in [-0.15, -0.1) is 10.2 Å². The molecule has 0 radical (unpaired) electrons. The second-order valence-corrected chi connectivity index (χ2v) is 7.71. The van der Waals surface area contributed by atoms with E-state index in [4.69, 9.17) is 4.42 Å². The molecule has 0 unspecified atom stereocenters.